The molecule has 1 aliphatic carbocycles. The molecule has 0 bridgehead atoms. The largest absolute Gasteiger partial charge is 0.472 e. The quantitative estimate of drug-likeness (QED) is 0.788. The highest BCUT2D eigenvalue weighted by Crippen LogP contribution is 2.34. The van der Waals surface area contributed by atoms with Crippen LogP contribution in [-0.4, -0.2) is 34.2 Å². The predicted molar refractivity (Wildman–Crippen MR) is 87.0 cm³/mol. The van der Waals surface area contributed by atoms with Crippen molar-refractivity contribution in [2.45, 2.75) is 45.3 Å². The van der Waals surface area contributed by atoms with E-state index >= 15 is 0 Å². The van der Waals surface area contributed by atoms with Crippen LogP contribution in [0.25, 0.3) is 0 Å². The summed E-state index contributed by atoms with van der Waals surface area (Å²) in [7, 11) is 0. The maximum absolute atomic E-state index is 5.77. The van der Waals surface area contributed by atoms with Crippen LogP contribution >= 0.6 is 0 Å². The second kappa shape index (κ2) is 6.49. The fraction of sp³-hybridized carbons (Fsp3) is 0.611. The summed E-state index contributed by atoms with van der Waals surface area (Å²) in [6.45, 7) is 7.59. The van der Waals surface area contributed by atoms with Gasteiger partial charge in [0.2, 0.25) is 0 Å². The number of furan rings is 1. The minimum atomic E-state index is 0.409. The Morgan fingerprint density at radius 1 is 1.39 bits per heavy atom. The van der Waals surface area contributed by atoms with Crippen molar-refractivity contribution in [3.05, 3.63) is 41.9 Å². The summed E-state index contributed by atoms with van der Waals surface area (Å²) in [6.07, 6.45) is 8.36. The van der Waals surface area contributed by atoms with Crippen molar-refractivity contribution in [3.8, 4) is 0 Å². The predicted octanol–water partition coefficient (Wildman–Crippen LogP) is 3.02. The number of hydrogen-bond donors (Lipinski definition) is 0. The van der Waals surface area contributed by atoms with E-state index in [1.54, 1.807) is 6.26 Å². The number of fused-ring (bicyclic) bond motifs is 1. The fourth-order valence-corrected chi connectivity index (χ4v) is 3.58. The first kappa shape index (κ1) is 15.0. The molecule has 124 valence electrons. The summed E-state index contributed by atoms with van der Waals surface area (Å²) < 4.78 is 13.4. The summed E-state index contributed by atoms with van der Waals surface area (Å²) in [6, 6.07) is 2.04. The van der Waals surface area contributed by atoms with Crippen LogP contribution in [0.5, 0.6) is 0 Å². The average molecular weight is 315 g/mol. The molecule has 1 atom stereocenters. The van der Waals surface area contributed by atoms with E-state index in [1.165, 1.54) is 29.8 Å². The molecular formula is C18H25N3O2. The highest BCUT2D eigenvalue weighted by Gasteiger charge is 2.32. The second-order valence-corrected chi connectivity index (χ2v) is 6.83. The van der Waals surface area contributed by atoms with Gasteiger partial charge in [0.05, 0.1) is 31.2 Å². The summed E-state index contributed by atoms with van der Waals surface area (Å²) in [4.78, 5) is 7.17. The Hall–Kier alpha value is -1.59. The van der Waals surface area contributed by atoms with Crippen molar-refractivity contribution >= 4 is 0 Å². The summed E-state index contributed by atoms with van der Waals surface area (Å²) >= 11 is 0. The summed E-state index contributed by atoms with van der Waals surface area (Å²) in [5, 5.41) is 0. The highest BCUT2D eigenvalue weighted by molar-refractivity contribution is 5.23. The number of aromatic nitrogens is 2. The monoisotopic (exact) mass is 315 g/mol. The second-order valence-electron chi connectivity index (χ2n) is 6.83. The van der Waals surface area contributed by atoms with Crippen LogP contribution in [0.4, 0.5) is 0 Å². The van der Waals surface area contributed by atoms with E-state index in [-0.39, 0.29) is 0 Å². The average Bonchev–Trinajstić information content (AvgIpc) is 3.05. The SMILES string of the molecule is CCOC[C@H]1CN(Cc2ccoc2)Cc2ncn(CC3CC3)c21. The van der Waals surface area contributed by atoms with E-state index in [2.05, 4.69) is 16.4 Å². The Morgan fingerprint density at radius 3 is 3.04 bits per heavy atom. The van der Waals surface area contributed by atoms with E-state index < -0.39 is 0 Å². The van der Waals surface area contributed by atoms with Gasteiger partial charge in [0.15, 0.2) is 0 Å². The molecule has 2 aromatic heterocycles. The minimum Gasteiger partial charge on any atom is -0.472 e. The molecule has 0 unspecified atom stereocenters. The first-order valence-electron chi connectivity index (χ1n) is 8.68. The zero-order valence-electron chi connectivity index (χ0n) is 13.8. The van der Waals surface area contributed by atoms with Crippen LogP contribution in [0.1, 0.15) is 42.6 Å². The van der Waals surface area contributed by atoms with E-state index in [9.17, 15) is 0 Å². The molecule has 23 heavy (non-hydrogen) atoms. The Kier molecular flexibility index (Phi) is 4.23. The fourth-order valence-electron chi connectivity index (χ4n) is 3.58. The van der Waals surface area contributed by atoms with Gasteiger partial charge in [0.25, 0.3) is 0 Å². The Balaban J connectivity index is 1.54. The van der Waals surface area contributed by atoms with Crippen molar-refractivity contribution in [2.75, 3.05) is 19.8 Å². The number of nitrogens with zero attached hydrogens (tertiary/aromatic N) is 3. The van der Waals surface area contributed by atoms with Crippen molar-refractivity contribution in [2.24, 2.45) is 5.92 Å². The first-order chi connectivity index (χ1) is 11.3. The standard InChI is InChI=1S/C18H25N3O2/c1-2-22-12-16-9-20(7-15-5-6-23-11-15)10-17-18(16)21(13-19-17)8-14-3-4-14/h5-6,11,13-14,16H,2-4,7-10,12H2,1H3/t16-/m1/s1. The molecule has 2 aromatic rings. The molecule has 5 nitrogen and oxygen atoms in total. The molecule has 0 amide bonds. The first-order valence-corrected chi connectivity index (χ1v) is 8.68. The number of imidazole rings is 1. The van der Waals surface area contributed by atoms with Crippen LogP contribution in [-0.2, 0) is 24.4 Å². The van der Waals surface area contributed by atoms with Gasteiger partial charge >= 0.3 is 0 Å². The molecule has 1 saturated carbocycles. The van der Waals surface area contributed by atoms with Crippen molar-refractivity contribution in [3.63, 3.8) is 0 Å². The zero-order valence-corrected chi connectivity index (χ0v) is 13.8. The lowest BCUT2D eigenvalue weighted by Crippen LogP contribution is -2.36. The van der Waals surface area contributed by atoms with Crippen molar-refractivity contribution in [1.29, 1.82) is 0 Å². The van der Waals surface area contributed by atoms with Gasteiger partial charge in [0.1, 0.15) is 0 Å². The Morgan fingerprint density at radius 2 is 2.30 bits per heavy atom. The third-order valence-electron chi connectivity index (χ3n) is 4.86. The van der Waals surface area contributed by atoms with Crippen LogP contribution in [0.2, 0.25) is 0 Å². The van der Waals surface area contributed by atoms with Crippen LogP contribution < -0.4 is 0 Å². The molecule has 3 heterocycles. The lowest BCUT2D eigenvalue weighted by atomic mass is 9.98. The highest BCUT2D eigenvalue weighted by atomic mass is 16.5. The number of ether oxygens (including phenoxy) is 1. The molecule has 0 N–H and O–H groups in total. The number of rotatable bonds is 7. The lowest BCUT2D eigenvalue weighted by molar-refractivity contribution is 0.102. The molecule has 0 aromatic carbocycles. The topological polar surface area (TPSA) is 43.4 Å². The molecule has 1 fully saturated rings. The van der Waals surface area contributed by atoms with Gasteiger partial charge in [0, 0.05) is 50.0 Å². The smallest absolute Gasteiger partial charge is 0.0952 e. The number of hydrogen-bond acceptors (Lipinski definition) is 4. The molecule has 0 spiro atoms. The van der Waals surface area contributed by atoms with E-state index in [4.69, 9.17) is 14.1 Å². The van der Waals surface area contributed by atoms with Crippen molar-refractivity contribution in [1.82, 2.24) is 14.5 Å². The Bertz CT molecular complexity index is 631. The maximum atomic E-state index is 5.77. The van der Waals surface area contributed by atoms with Gasteiger partial charge in [-0.3, -0.25) is 4.90 Å². The lowest BCUT2D eigenvalue weighted by Gasteiger charge is -2.33. The molecule has 0 radical (unpaired) electrons. The normalized spacial score (nSPS) is 21.5. The van der Waals surface area contributed by atoms with Gasteiger partial charge in [-0.05, 0) is 31.7 Å². The molecule has 4 rings (SSSR count). The van der Waals surface area contributed by atoms with Gasteiger partial charge in [-0.25, -0.2) is 4.98 Å². The molecule has 2 aliphatic rings. The van der Waals surface area contributed by atoms with Gasteiger partial charge in [-0.1, -0.05) is 0 Å². The van der Waals surface area contributed by atoms with Gasteiger partial charge < -0.3 is 13.7 Å². The third-order valence-corrected chi connectivity index (χ3v) is 4.86. The Labute approximate surface area is 137 Å². The van der Waals surface area contributed by atoms with E-state index in [0.29, 0.717) is 5.92 Å². The van der Waals surface area contributed by atoms with Crippen LogP contribution in [0.3, 0.4) is 0 Å². The summed E-state index contributed by atoms with van der Waals surface area (Å²) in [5.41, 5.74) is 3.86. The van der Waals surface area contributed by atoms with Gasteiger partial charge in [-0.15, -0.1) is 0 Å². The third kappa shape index (κ3) is 3.35. The maximum Gasteiger partial charge on any atom is 0.0952 e. The zero-order chi connectivity index (χ0) is 15.6. The molecule has 5 heteroatoms. The molecule has 0 saturated heterocycles. The van der Waals surface area contributed by atoms with Crippen LogP contribution in [0.15, 0.2) is 29.3 Å². The molecular weight excluding hydrogens is 290 g/mol. The van der Waals surface area contributed by atoms with Gasteiger partial charge in [-0.2, -0.15) is 0 Å². The van der Waals surface area contributed by atoms with E-state index in [0.717, 1.165) is 45.3 Å². The van der Waals surface area contributed by atoms with Crippen molar-refractivity contribution < 1.29 is 9.15 Å². The van der Waals surface area contributed by atoms with E-state index in [1.807, 2.05) is 18.7 Å². The van der Waals surface area contributed by atoms with Crippen LogP contribution in [0, 0.1) is 5.92 Å². The summed E-state index contributed by atoms with van der Waals surface area (Å²) in [5.74, 6) is 1.27. The molecule has 1 aliphatic heterocycles. The minimum absolute atomic E-state index is 0.409.